The minimum Gasteiger partial charge on any atom is -0.367 e. The molecule has 0 atom stereocenters. The summed E-state index contributed by atoms with van der Waals surface area (Å²) in [7, 11) is 1.89. The molecule has 14 heavy (non-hydrogen) atoms. The summed E-state index contributed by atoms with van der Waals surface area (Å²) in [5.74, 6) is 0. The highest BCUT2D eigenvalue weighted by Crippen LogP contribution is 2.14. The molecule has 0 aliphatic heterocycles. The molecule has 4 nitrogen and oxygen atoms in total. The number of hydrogen-bond donors (Lipinski definition) is 2. The molecule has 0 amide bonds. The summed E-state index contributed by atoms with van der Waals surface area (Å²) in [6.45, 7) is 0.750. The van der Waals surface area contributed by atoms with Crippen molar-refractivity contribution in [3.63, 3.8) is 0 Å². The van der Waals surface area contributed by atoms with Crippen LogP contribution in [0.15, 0.2) is 30.6 Å². The molecule has 2 rings (SSSR count). The molecular formula is C10H12N4. The SMILES string of the molecule is CNCc1ccc(-c2cc[nH]c2)nn1. The molecule has 0 fully saturated rings. The molecule has 2 N–H and O–H groups in total. The van der Waals surface area contributed by atoms with Gasteiger partial charge in [0.25, 0.3) is 0 Å². The maximum absolute atomic E-state index is 4.13. The van der Waals surface area contributed by atoms with Crippen LogP contribution in [-0.2, 0) is 6.54 Å². The van der Waals surface area contributed by atoms with E-state index in [4.69, 9.17) is 0 Å². The van der Waals surface area contributed by atoms with E-state index in [1.54, 1.807) is 0 Å². The Bertz CT molecular complexity index is 377. The number of hydrogen-bond acceptors (Lipinski definition) is 3. The molecule has 0 aromatic carbocycles. The van der Waals surface area contributed by atoms with E-state index in [-0.39, 0.29) is 0 Å². The number of aromatic nitrogens is 3. The molecule has 72 valence electrons. The Kier molecular flexibility index (Phi) is 2.55. The summed E-state index contributed by atoms with van der Waals surface area (Å²) < 4.78 is 0. The molecule has 0 bridgehead atoms. The Morgan fingerprint density at radius 2 is 2.21 bits per heavy atom. The van der Waals surface area contributed by atoms with Gasteiger partial charge in [0.1, 0.15) is 0 Å². The van der Waals surface area contributed by atoms with Crippen LogP contribution in [0.1, 0.15) is 5.69 Å². The van der Waals surface area contributed by atoms with Crippen molar-refractivity contribution < 1.29 is 0 Å². The molecule has 4 heteroatoms. The van der Waals surface area contributed by atoms with Crippen molar-refractivity contribution in [1.29, 1.82) is 0 Å². The Hall–Kier alpha value is -1.68. The summed E-state index contributed by atoms with van der Waals surface area (Å²) in [6, 6.07) is 5.93. The first kappa shape index (κ1) is 8.90. The summed E-state index contributed by atoms with van der Waals surface area (Å²) in [4.78, 5) is 2.99. The summed E-state index contributed by atoms with van der Waals surface area (Å²) >= 11 is 0. The Morgan fingerprint density at radius 1 is 1.29 bits per heavy atom. The van der Waals surface area contributed by atoms with E-state index in [0.717, 1.165) is 23.5 Å². The molecular weight excluding hydrogens is 176 g/mol. The van der Waals surface area contributed by atoms with Gasteiger partial charge in [-0.1, -0.05) is 0 Å². The van der Waals surface area contributed by atoms with Gasteiger partial charge in [-0.15, -0.1) is 0 Å². The minimum atomic E-state index is 0.750. The quantitative estimate of drug-likeness (QED) is 0.760. The highest BCUT2D eigenvalue weighted by molar-refractivity contribution is 5.56. The van der Waals surface area contributed by atoms with Crippen molar-refractivity contribution >= 4 is 0 Å². The van der Waals surface area contributed by atoms with Gasteiger partial charge < -0.3 is 10.3 Å². The largest absolute Gasteiger partial charge is 0.367 e. The van der Waals surface area contributed by atoms with Gasteiger partial charge in [-0.05, 0) is 25.2 Å². The first-order valence-corrected chi connectivity index (χ1v) is 4.50. The van der Waals surface area contributed by atoms with Crippen LogP contribution in [0.5, 0.6) is 0 Å². The van der Waals surface area contributed by atoms with Crippen LogP contribution in [0, 0.1) is 0 Å². The third-order valence-electron chi connectivity index (χ3n) is 1.97. The molecule has 2 heterocycles. The van der Waals surface area contributed by atoms with Crippen LogP contribution in [0.3, 0.4) is 0 Å². The van der Waals surface area contributed by atoms with Gasteiger partial charge in [-0.25, -0.2) is 0 Å². The molecule has 2 aromatic heterocycles. The fraction of sp³-hybridized carbons (Fsp3) is 0.200. The molecule has 0 unspecified atom stereocenters. The van der Waals surface area contributed by atoms with Crippen molar-refractivity contribution in [2.24, 2.45) is 0 Å². The Morgan fingerprint density at radius 3 is 2.79 bits per heavy atom. The number of nitrogens with zero attached hydrogens (tertiary/aromatic N) is 2. The molecule has 0 saturated heterocycles. The first-order valence-electron chi connectivity index (χ1n) is 4.50. The highest BCUT2D eigenvalue weighted by atomic mass is 15.1. The summed E-state index contributed by atoms with van der Waals surface area (Å²) in [5.41, 5.74) is 2.91. The van der Waals surface area contributed by atoms with Crippen LogP contribution in [0.25, 0.3) is 11.3 Å². The fourth-order valence-corrected chi connectivity index (χ4v) is 1.27. The van der Waals surface area contributed by atoms with Gasteiger partial charge in [0.2, 0.25) is 0 Å². The lowest BCUT2D eigenvalue weighted by molar-refractivity contribution is 0.768. The molecule has 2 aromatic rings. The van der Waals surface area contributed by atoms with E-state index in [2.05, 4.69) is 20.5 Å². The van der Waals surface area contributed by atoms with E-state index in [1.807, 2.05) is 37.6 Å². The third kappa shape index (κ3) is 1.80. The van der Waals surface area contributed by atoms with Gasteiger partial charge in [0.15, 0.2) is 0 Å². The second-order valence-corrected chi connectivity index (χ2v) is 3.04. The average Bonchev–Trinajstić information content (AvgIpc) is 2.72. The predicted molar refractivity (Wildman–Crippen MR) is 54.6 cm³/mol. The van der Waals surface area contributed by atoms with Gasteiger partial charge in [-0.3, -0.25) is 0 Å². The van der Waals surface area contributed by atoms with Crippen LogP contribution >= 0.6 is 0 Å². The molecule has 0 aliphatic carbocycles. The van der Waals surface area contributed by atoms with Gasteiger partial charge in [0.05, 0.1) is 11.4 Å². The number of rotatable bonds is 3. The third-order valence-corrected chi connectivity index (χ3v) is 1.97. The highest BCUT2D eigenvalue weighted by Gasteiger charge is 2.00. The van der Waals surface area contributed by atoms with E-state index in [9.17, 15) is 0 Å². The van der Waals surface area contributed by atoms with Crippen molar-refractivity contribution in [2.45, 2.75) is 6.54 Å². The lowest BCUT2D eigenvalue weighted by Gasteiger charge is -1.99. The van der Waals surface area contributed by atoms with E-state index in [0.29, 0.717) is 0 Å². The van der Waals surface area contributed by atoms with Crippen LogP contribution in [0.4, 0.5) is 0 Å². The second kappa shape index (κ2) is 4.02. The smallest absolute Gasteiger partial charge is 0.0945 e. The van der Waals surface area contributed by atoms with Gasteiger partial charge in [-0.2, -0.15) is 10.2 Å². The minimum absolute atomic E-state index is 0.750. The van der Waals surface area contributed by atoms with E-state index >= 15 is 0 Å². The summed E-state index contributed by atoms with van der Waals surface area (Å²) in [5, 5.41) is 11.3. The van der Waals surface area contributed by atoms with Crippen molar-refractivity contribution in [1.82, 2.24) is 20.5 Å². The van der Waals surface area contributed by atoms with Gasteiger partial charge in [0, 0.05) is 24.5 Å². The zero-order chi connectivity index (χ0) is 9.80. The van der Waals surface area contributed by atoms with Crippen LogP contribution < -0.4 is 5.32 Å². The standard InChI is InChI=1S/C10H12N4/c1-11-7-9-2-3-10(14-13-9)8-4-5-12-6-8/h2-6,11-12H,7H2,1H3. The molecule has 0 radical (unpaired) electrons. The van der Waals surface area contributed by atoms with Gasteiger partial charge >= 0.3 is 0 Å². The Labute approximate surface area is 82.4 Å². The van der Waals surface area contributed by atoms with E-state index in [1.165, 1.54) is 0 Å². The molecule has 0 spiro atoms. The number of H-pyrrole nitrogens is 1. The number of aromatic amines is 1. The topological polar surface area (TPSA) is 53.6 Å². The maximum Gasteiger partial charge on any atom is 0.0945 e. The van der Waals surface area contributed by atoms with Crippen molar-refractivity contribution in [3.8, 4) is 11.3 Å². The van der Waals surface area contributed by atoms with Crippen molar-refractivity contribution in [3.05, 3.63) is 36.3 Å². The van der Waals surface area contributed by atoms with Crippen LogP contribution in [0.2, 0.25) is 0 Å². The average molecular weight is 188 g/mol. The zero-order valence-corrected chi connectivity index (χ0v) is 7.99. The first-order chi connectivity index (χ1) is 6.90. The normalized spacial score (nSPS) is 10.4. The fourth-order valence-electron chi connectivity index (χ4n) is 1.27. The Balaban J connectivity index is 2.22. The van der Waals surface area contributed by atoms with Crippen LogP contribution in [-0.4, -0.2) is 22.2 Å². The lowest BCUT2D eigenvalue weighted by atomic mass is 10.2. The molecule has 0 aliphatic rings. The van der Waals surface area contributed by atoms with E-state index < -0.39 is 0 Å². The predicted octanol–water partition coefficient (Wildman–Crippen LogP) is 1.19. The van der Waals surface area contributed by atoms with Crippen molar-refractivity contribution in [2.75, 3.05) is 7.05 Å². The second-order valence-electron chi connectivity index (χ2n) is 3.04. The lowest BCUT2D eigenvalue weighted by Crippen LogP contribution is -2.07. The monoisotopic (exact) mass is 188 g/mol. The number of nitrogens with one attached hydrogen (secondary N) is 2. The summed E-state index contributed by atoms with van der Waals surface area (Å²) in [6.07, 6.45) is 3.78. The zero-order valence-electron chi connectivity index (χ0n) is 7.99. The molecule has 0 saturated carbocycles. The maximum atomic E-state index is 4.13.